The topological polar surface area (TPSA) is 68.3 Å². The van der Waals surface area contributed by atoms with Crippen LogP contribution in [0.25, 0.3) is 0 Å². The molecule has 1 fully saturated rings. The minimum atomic E-state index is -0.150. The zero-order chi connectivity index (χ0) is 18.2. The van der Waals surface area contributed by atoms with Crippen molar-refractivity contribution in [2.45, 2.75) is 0 Å². The van der Waals surface area contributed by atoms with E-state index in [2.05, 4.69) is 0 Å². The summed E-state index contributed by atoms with van der Waals surface area (Å²) in [5, 5.41) is 0.478. The monoisotopic (exact) mass is 370 g/mol. The van der Waals surface area contributed by atoms with Crippen LogP contribution in [0.2, 0.25) is 5.02 Å². The van der Waals surface area contributed by atoms with Gasteiger partial charge in [0.25, 0.3) is 5.91 Å². The fraction of sp³-hybridized carbons (Fsp3) is 0.529. The van der Waals surface area contributed by atoms with Crippen LogP contribution >= 0.6 is 11.6 Å². The Balaban J connectivity index is 1.88. The van der Waals surface area contributed by atoms with Crippen LogP contribution in [0, 0.1) is 0 Å². The van der Waals surface area contributed by atoms with Crippen LogP contribution in [0.15, 0.2) is 18.2 Å². The lowest BCUT2D eigenvalue weighted by atomic mass is 10.1. The second-order valence-corrected chi connectivity index (χ2v) is 6.00. The van der Waals surface area contributed by atoms with Gasteiger partial charge >= 0.3 is 0 Å². The Morgan fingerprint density at radius 1 is 1.08 bits per heavy atom. The number of benzene rings is 1. The lowest BCUT2D eigenvalue weighted by molar-refractivity contribution is -0.138. The molecule has 0 aromatic heterocycles. The van der Waals surface area contributed by atoms with E-state index in [1.54, 1.807) is 35.1 Å². The van der Waals surface area contributed by atoms with Crippen molar-refractivity contribution >= 4 is 23.4 Å². The number of hydrogen-bond donors (Lipinski definition) is 0. The van der Waals surface area contributed by atoms with Crippen molar-refractivity contribution in [2.24, 2.45) is 0 Å². The summed E-state index contributed by atoms with van der Waals surface area (Å²) in [6.45, 7) is 2.73. The third-order valence-corrected chi connectivity index (χ3v) is 4.20. The molecular formula is C17H23ClN2O5. The Morgan fingerprint density at radius 3 is 2.40 bits per heavy atom. The molecule has 2 rings (SSSR count). The normalized spacial score (nSPS) is 14.5. The summed E-state index contributed by atoms with van der Waals surface area (Å²) in [4.78, 5) is 28.2. The standard InChI is InChI=1S/C17H23ClN2O5/c1-23-9-10-25-12-16(21)19-5-7-20(8-6-19)17(22)14-11-13(18)3-4-15(14)24-2/h3-4,11H,5-10,12H2,1-2H3. The first-order chi connectivity index (χ1) is 12.1. The fourth-order valence-electron chi connectivity index (χ4n) is 2.57. The van der Waals surface area contributed by atoms with Gasteiger partial charge in [-0.1, -0.05) is 11.6 Å². The lowest BCUT2D eigenvalue weighted by Crippen LogP contribution is -2.51. The smallest absolute Gasteiger partial charge is 0.257 e. The Morgan fingerprint density at radius 2 is 1.76 bits per heavy atom. The molecule has 138 valence electrons. The maximum Gasteiger partial charge on any atom is 0.257 e. The van der Waals surface area contributed by atoms with Crippen LogP contribution in [0.4, 0.5) is 0 Å². The van der Waals surface area contributed by atoms with Gasteiger partial charge in [0.2, 0.25) is 5.91 Å². The highest BCUT2D eigenvalue weighted by Crippen LogP contribution is 2.24. The molecule has 25 heavy (non-hydrogen) atoms. The first-order valence-corrected chi connectivity index (χ1v) is 8.42. The molecule has 0 bridgehead atoms. The van der Waals surface area contributed by atoms with Crippen molar-refractivity contribution in [1.82, 2.24) is 9.80 Å². The van der Waals surface area contributed by atoms with Crippen molar-refractivity contribution in [3.8, 4) is 5.75 Å². The predicted molar refractivity (Wildman–Crippen MR) is 93.2 cm³/mol. The Labute approximate surface area is 152 Å². The van der Waals surface area contributed by atoms with Crippen LogP contribution in [0.1, 0.15) is 10.4 Å². The lowest BCUT2D eigenvalue weighted by Gasteiger charge is -2.35. The highest BCUT2D eigenvalue weighted by molar-refractivity contribution is 6.31. The molecule has 1 heterocycles. The molecule has 0 aliphatic carbocycles. The van der Waals surface area contributed by atoms with E-state index in [0.29, 0.717) is 55.7 Å². The van der Waals surface area contributed by atoms with Crippen LogP contribution < -0.4 is 4.74 Å². The number of methoxy groups -OCH3 is 2. The summed E-state index contributed by atoms with van der Waals surface area (Å²) in [6.07, 6.45) is 0. The molecule has 1 aliphatic heterocycles. The molecule has 0 atom stereocenters. The number of piperazine rings is 1. The number of ether oxygens (including phenoxy) is 3. The summed E-state index contributed by atoms with van der Waals surface area (Å²) in [5.41, 5.74) is 0.428. The number of amides is 2. The van der Waals surface area contributed by atoms with Gasteiger partial charge in [0.05, 0.1) is 25.9 Å². The van der Waals surface area contributed by atoms with Crippen LogP contribution in [0.3, 0.4) is 0 Å². The van der Waals surface area contributed by atoms with Crippen molar-refractivity contribution < 1.29 is 23.8 Å². The maximum atomic E-state index is 12.7. The third-order valence-electron chi connectivity index (χ3n) is 3.97. The zero-order valence-electron chi connectivity index (χ0n) is 14.5. The quantitative estimate of drug-likeness (QED) is 0.677. The fourth-order valence-corrected chi connectivity index (χ4v) is 2.74. The summed E-state index contributed by atoms with van der Waals surface area (Å²) in [6, 6.07) is 4.95. The first-order valence-electron chi connectivity index (χ1n) is 8.04. The molecule has 0 spiro atoms. The minimum Gasteiger partial charge on any atom is -0.496 e. The molecule has 2 amide bonds. The van der Waals surface area contributed by atoms with Gasteiger partial charge in [-0.3, -0.25) is 9.59 Å². The first kappa shape index (κ1) is 19.5. The third kappa shape index (κ3) is 5.32. The average Bonchev–Trinajstić information content (AvgIpc) is 2.64. The SMILES string of the molecule is COCCOCC(=O)N1CCN(C(=O)c2cc(Cl)ccc2OC)CC1. The van der Waals surface area contributed by atoms with E-state index in [0.717, 1.165) is 0 Å². The second kappa shape index (κ2) is 9.60. The number of halogens is 1. The molecule has 7 nitrogen and oxygen atoms in total. The van der Waals surface area contributed by atoms with Gasteiger partial charge in [-0.15, -0.1) is 0 Å². The Kier molecular flexibility index (Phi) is 7.49. The molecule has 1 aromatic rings. The van der Waals surface area contributed by atoms with Gasteiger partial charge in [-0.25, -0.2) is 0 Å². The van der Waals surface area contributed by atoms with Gasteiger partial charge in [0.15, 0.2) is 0 Å². The number of carbonyl (C=O) groups is 2. The molecule has 0 unspecified atom stereocenters. The number of hydrogen-bond acceptors (Lipinski definition) is 5. The van der Waals surface area contributed by atoms with Gasteiger partial charge < -0.3 is 24.0 Å². The number of carbonyl (C=O) groups excluding carboxylic acids is 2. The predicted octanol–water partition coefficient (Wildman–Crippen LogP) is 1.30. The molecule has 0 saturated carbocycles. The van der Waals surface area contributed by atoms with Crippen molar-refractivity contribution in [3.63, 3.8) is 0 Å². The highest BCUT2D eigenvalue weighted by atomic mass is 35.5. The maximum absolute atomic E-state index is 12.7. The largest absolute Gasteiger partial charge is 0.496 e. The van der Waals surface area contributed by atoms with Gasteiger partial charge in [0, 0.05) is 38.3 Å². The summed E-state index contributed by atoms with van der Waals surface area (Å²) in [5.74, 6) is 0.255. The van der Waals surface area contributed by atoms with E-state index < -0.39 is 0 Å². The van der Waals surface area contributed by atoms with Crippen molar-refractivity contribution in [2.75, 3.05) is 60.2 Å². The Bertz CT molecular complexity index is 603. The van der Waals surface area contributed by atoms with Crippen LogP contribution in [-0.2, 0) is 14.3 Å². The van der Waals surface area contributed by atoms with Gasteiger partial charge in [-0.2, -0.15) is 0 Å². The van der Waals surface area contributed by atoms with Crippen LogP contribution in [-0.4, -0.2) is 81.8 Å². The Hall–Kier alpha value is -1.83. The molecule has 1 saturated heterocycles. The van der Waals surface area contributed by atoms with E-state index >= 15 is 0 Å². The molecule has 0 N–H and O–H groups in total. The minimum absolute atomic E-state index is 0.0272. The molecule has 1 aromatic carbocycles. The second-order valence-electron chi connectivity index (χ2n) is 5.56. The van der Waals surface area contributed by atoms with Crippen molar-refractivity contribution in [3.05, 3.63) is 28.8 Å². The van der Waals surface area contributed by atoms with Crippen LogP contribution in [0.5, 0.6) is 5.75 Å². The van der Waals surface area contributed by atoms with E-state index in [9.17, 15) is 9.59 Å². The van der Waals surface area contributed by atoms with E-state index in [1.807, 2.05) is 0 Å². The van der Waals surface area contributed by atoms with E-state index in [1.165, 1.54) is 7.11 Å². The summed E-state index contributed by atoms with van der Waals surface area (Å²) in [7, 11) is 3.09. The zero-order valence-corrected chi connectivity index (χ0v) is 15.3. The van der Waals surface area contributed by atoms with E-state index in [4.69, 9.17) is 25.8 Å². The molecule has 1 aliphatic rings. The van der Waals surface area contributed by atoms with Gasteiger partial charge in [-0.05, 0) is 18.2 Å². The van der Waals surface area contributed by atoms with E-state index in [-0.39, 0.29) is 18.4 Å². The van der Waals surface area contributed by atoms with Crippen molar-refractivity contribution in [1.29, 1.82) is 0 Å². The molecular weight excluding hydrogens is 348 g/mol. The molecule has 8 heteroatoms. The highest BCUT2D eigenvalue weighted by Gasteiger charge is 2.26. The van der Waals surface area contributed by atoms with Gasteiger partial charge in [0.1, 0.15) is 12.4 Å². The summed E-state index contributed by atoms with van der Waals surface area (Å²) >= 11 is 5.99. The molecule has 0 radical (unpaired) electrons. The number of rotatable bonds is 7. The average molecular weight is 371 g/mol. The summed E-state index contributed by atoms with van der Waals surface area (Å²) < 4.78 is 15.4. The number of nitrogens with zero attached hydrogens (tertiary/aromatic N) is 2.